The van der Waals surface area contributed by atoms with Crippen LogP contribution in [0.3, 0.4) is 0 Å². The van der Waals surface area contributed by atoms with E-state index in [1.165, 1.54) is 64.1 Å². The first-order valence-corrected chi connectivity index (χ1v) is 8.58. The van der Waals surface area contributed by atoms with Gasteiger partial charge in [-0.1, -0.05) is 37.3 Å². The molecule has 0 atom stereocenters. The molecule has 0 bridgehead atoms. The molecule has 1 heterocycles. The highest BCUT2D eigenvalue weighted by atomic mass is 15.3. The van der Waals surface area contributed by atoms with Gasteiger partial charge in [0.05, 0.1) is 0 Å². The molecule has 1 aliphatic heterocycles. The molecule has 3 heteroatoms. The van der Waals surface area contributed by atoms with Crippen LogP contribution in [0.4, 0.5) is 0 Å². The van der Waals surface area contributed by atoms with Crippen LogP contribution in [0.5, 0.6) is 0 Å². The van der Waals surface area contributed by atoms with Crippen molar-refractivity contribution in [2.45, 2.75) is 32.7 Å². The molecule has 0 aromatic heterocycles. The van der Waals surface area contributed by atoms with Gasteiger partial charge >= 0.3 is 0 Å². The highest BCUT2D eigenvalue weighted by Crippen LogP contribution is 2.08. The van der Waals surface area contributed by atoms with Gasteiger partial charge < -0.3 is 10.2 Å². The standard InChI is InChI=1S/C18H31N3/c1-2-10-19-11-6-7-12-20-13-15-21(16-14-20)17-18-8-4-3-5-9-18/h3-5,8-9,19H,2,6-7,10-17H2,1H3. The number of hydrogen-bond acceptors (Lipinski definition) is 3. The Hall–Kier alpha value is -0.900. The predicted octanol–water partition coefficient (Wildman–Crippen LogP) is 2.58. The molecule has 21 heavy (non-hydrogen) atoms. The maximum atomic E-state index is 3.48. The molecular weight excluding hydrogens is 258 g/mol. The Labute approximate surface area is 130 Å². The van der Waals surface area contributed by atoms with Crippen molar-refractivity contribution in [3.63, 3.8) is 0 Å². The van der Waals surface area contributed by atoms with Crippen LogP contribution in [0.25, 0.3) is 0 Å². The van der Waals surface area contributed by atoms with Gasteiger partial charge in [-0.2, -0.15) is 0 Å². The van der Waals surface area contributed by atoms with E-state index in [-0.39, 0.29) is 0 Å². The minimum Gasteiger partial charge on any atom is -0.317 e. The van der Waals surface area contributed by atoms with Crippen LogP contribution in [0.1, 0.15) is 31.7 Å². The Bertz CT molecular complexity index is 358. The minimum absolute atomic E-state index is 1.11. The van der Waals surface area contributed by atoms with Gasteiger partial charge in [-0.25, -0.2) is 0 Å². The number of piperazine rings is 1. The topological polar surface area (TPSA) is 18.5 Å². The molecule has 118 valence electrons. The highest BCUT2D eigenvalue weighted by Gasteiger charge is 2.16. The Morgan fingerprint density at radius 1 is 0.905 bits per heavy atom. The van der Waals surface area contributed by atoms with Crippen molar-refractivity contribution in [1.29, 1.82) is 0 Å². The van der Waals surface area contributed by atoms with Crippen molar-refractivity contribution in [2.75, 3.05) is 45.8 Å². The molecule has 1 fully saturated rings. The fraction of sp³-hybridized carbons (Fsp3) is 0.667. The summed E-state index contributed by atoms with van der Waals surface area (Å²) < 4.78 is 0. The molecule has 1 aliphatic rings. The van der Waals surface area contributed by atoms with Gasteiger partial charge in [0, 0.05) is 32.7 Å². The molecule has 0 spiro atoms. The Balaban J connectivity index is 1.54. The van der Waals surface area contributed by atoms with Crippen molar-refractivity contribution < 1.29 is 0 Å². The van der Waals surface area contributed by atoms with Gasteiger partial charge in [0.15, 0.2) is 0 Å². The Morgan fingerprint density at radius 3 is 2.33 bits per heavy atom. The van der Waals surface area contributed by atoms with Crippen molar-refractivity contribution in [2.24, 2.45) is 0 Å². The molecule has 0 saturated carbocycles. The summed E-state index contributed by atoms with van der Waals surface area (Å²) in [6.45, 7) is 11.8. The molecule has 0 unspecified atom stereocenters. The molecule has 1 aromatic rings. The second-order valence-corrected chi connectivity index (χ2v) is 6.06. The van der Waals surface area contributed by atoms with E-state index in [0.29, 0.717) is 0 Å². The molecule has 0 aliphatic carbocycles. The van der Waals surface area contributed by atoms with Gasteiger partial charge in [-0.05, 0) is 44.5 Å². The van der Waals surface area contributed by atoms with Crippen molar-refractivity contribution in [3.05, 3.63) is 35.9 Å². The summed E-state index contributed by atoms with van der Waals surface area (Å²) in [6.07, 6.45) is 3.88. The first-order chi connectivity index (χ1) is 10.4. The lowest BCUT2D eigenvalue weighted by Crippen LogP contribution is -2.46. The van der Waals surface area contributed by atoms with Gasteiger partial charge in [0.2, 0.25) is 0 Å². The Kier molecular flexibility index (Phi) is 7.79. The van der Waals surface area contributed by atoms with Crippen LogP contribution in [0.2, 0.25) is 0 Å². The average molecular weight is 289 g/mol. The monoisotopic (exact) mass is 289 g/mol. The van der Waals surface area contributed by atoms with Crippen LogP contribution in [0.15, 0.2) is 30.3 Å². The zero-order valence-electron chi connectivity index (χ0n) is 13.6. The van der Waals surface area contributed by atoms with E-state index in [9.17, 15) is 0 Å². The van der Waals surface area contributed by atoms with Crippen LogP contribution in [-0.4, -0.2) is 55.6 Å². The van der Waals surface area contributed by atoms with E-state index in [0.717, 1.165) is 13.1 Å². The molecular formula is C18H31N3. The molecule has 1 N–H and O–H groups in total. The Morgan fingerprint density at radius 2 is 1.62 bits per heavy atom. The second kappa shape index (κ2) is 9.93. The largest absolute Gasteiger partial charge is 0.317 e. The molecule has 1 aromatic carbocycles. The summed E-state index contributed by atoms with van der Waals surface area (Å²) in [5.41, 5.74) is 1.44. The predicted molar refractivity (Wildman–Crippen MR) is 90.6 cm³/mol. The highest BCUT2D eigenvalue weighted by molar-refractivity contribution is 5.14. The molecule has 0 amide bonds. The van der Waals surface area contributed by atoms with Gasteiger partial charge in [-0.3, -0.25) is 4.90 Å². The third-order valence-corrected chi connectivity index (χ3v) is 4.22. The van der Waals surface area contributed by atoms with Gasteiger partial charge in [-0.15, -0.1) is 0 Å². The summed E-state index contributed by atoms with van der Waals surface area (Å²) in [5.74, 6) is 0. The lowest BCUT2D eigenvalue weighted by Gasteiger charge is -2.34. The van der Waals surface area contributed by atoms with E-state index in [4.69, 9.17) is 0 Å². The van der Waals surface area contributed by atoms with Crippen LogP contribution in [-0.2, 0) is 6.54 Å². The first-order valence-electron chi connectivity index (χ1n) is 8.58. The number of unbranched alkanes of at least 4 members (excludes halogenated alkanes) is 1. The van der Waals surface area contributed by atoms with E-state index >= 15 is 0 Å². The third kappa shape index (κ3) is 6.60. The zero-order valence-corrected chi connectivity index (χ0v) is 13.6. The average Bonchev–Trinajstić information content (AvgIpc) is 2.53. The van der Waals surface area contributed by atoms with E-state index < -0.39 is 0 Å². The summed E-state index contributed by atoms with van der Waals surface area (Å²) in [6, 6.07) is 10.8. The van der Waals surface area contributed by atoms with E-state index in [2.05, 4.69) is 52.4 Å². The van der Waals surface area contributed by atoms with E-state index in [1.807, 2.05) is 0 Å². The van der Waals surface area contributed by atoms with Crippen molar-refractivity contribution in [3.8, 4) is 0 Å². The fourth-order valence-corrected chi connectivity index (χ4v) is 2.90. The molecule has 1 saturated heterocycles. The second-order valence-electron chi connectivity index (χ2n) is 6.06. The SMILES string of the molecule is CCCNCCCCN1CCN(Cc2ccccc2)CC1. The number of nitrogens with one attached hydrogen (secondary N) is 1. The van der Waals surface area contributed by atoms with Crippen LogP contribution >= 0.6 is 0 Å². The summed E-state index contributed by atoms with van der Waals surface area (Å²) in [4.78, 5) is 5.20. The minimum atomic E-state index is 1.11. The summed E-state index contributed by atoms with van der Waals surface area (Å²) in [7, 11) is 0. The smallest absolute Gasteiger partial charge is 0.0234 e. The molecule has 2 rings (SSSR count). The number of hydrogen-bond donors (Lipinski definition) is 1. The fourth-order valence-electron chi connectivity index (χ4n) is 2.90. The number of benzene rings is 1. The summed E-state index contributed by atoms with van der Waals surface area (Å²) >= 11 is 0. The maximum Gasteiger partial charge on any atom is 0.0234 e. The van der Waals surface area contributed by atoms with Gasteiger partial charge in [0.1, 0.15) is 0 Å². The first kappa shape index (κ1) is 16.5. The normalized spacial score (nSPS) is 17.2. The maximum absolute atomic E-state index is 3.48. The lowest BCUT2D eigenvalue weighted by molar-refractivity contribution is 0.125. The van der Waals surface area contributed by atoms with Crippen molar-refractivity contribution in [1.82, 2.24) is 15.1 Å². The number of nitrogens with zero attached hydrogens (tertiary/aromatic N) is 2. The van der Waals surface area contributed by atoms with Crippen molar-refractivity contribution >= 4 is 0 Å². The molecule has 3 nitrogen and oxygen atoms in total. The lowest BCUT2D eigenvalue weighted by atomic mass is 10.2. The summed E-state index contributed by atoms with van der Waals surface area (Å²) in [5, 5.41) is 3.48. The van der Waals surface area contributed by atoms with Gasteiger partial charge in [0.25, 0.3) is 0 Å². The quantitative estimate of drug-likeness (QED) is 0.705. The molecule has 0 radical (unpaired) electrons. The van der Waals surface area contributed by atoms with E-state index in [1.54, 1.807) is 0 Å². The van der Waals surface area contributed by atoms with Crippen LogP contribution in [0, 0.1) is 0 Å². The zero-order chi connectivity index (χ0) is 14.8. The number of rotatable bonds is 9. The van der Waals surface area contributed by atoms with Crippen LogP contribution < -0.4 is 5.32 Å². The third-order valence-electron chi connectivity index (χ3n) is 4.22.